The van der Waals surface area contributed by atoms with Gasteiger partial charge in [0, 0.05) is 0 Å². The normalized spacial score (nSPS) is 14.7. The number of hydrogen-bond acceptors (Lipinski definition) is 4. The van der Waals surface area contributed by atoms with Crippen molar-refractivity contribution in [2.24, 2.45) is 5.92 Å². The molecule has 1 N–H and O–H groups in total. The zero-order valence-electron chi connectivity index (χ0n) is 15.9. The van der Waals surface area contributed by atoms with Crippen molar-refractivity contribution in [3.63, 3.8) is 0 Å². The maximum Gasteiger partial charge on any atom is 0.381 e. The number of benzene rings is 1. The Labute approximate surface area is 152 Å². The summed E-state index contributed by atoms with van der Waals surface area (Å²) in [5.74, 6) is -8.00. The average molecular weight is 372 g/mol. The quantitative estimate of drug-likeness (QED) is 0.678. The zero-order chi connectivity index (χ0) is 20.3. The molecule has 0 bridgehead atoms. The summed E-state index contributed by atoms with van der Waals surface area (Å²) in [6, 6.07) is 5.86. The average Bonchev–Trinajstić information content (AvgIpc) is 2.54. The van der Waals surface area contributed by atoms with Gasteiger partial charge in [0.2, 0.25) is 0 Å². The molecule has 0 saturated carbocycles. The van der Waals surface area contributed by atoms with Crippen molar-refractivity contribution in [1.29, 1.82) is 0 Å². The van der Waals surface area contributed by atoms with Crippen LogP contribution in [0.4, 0.5) is 8.78 Å². The lowest BCUT2D eigenvalue weighted by Crippen LogP contribution is -2.57. The van der Waals surface area contributed by atoms with Gasteiger partial charge in [0.25, 0.3) is 0 Å². The number of ether oxygens (including phenoxy) is 2. The third kappa shape index (κ3) is 4.51. The van der Waals surface area contributed by atoms with E-state index in [0.29, 0.717) is 5.75 Å². The molecule has 1 unspecified atom stereocenters. The molecule has 7 heteroatoms. The van der Waals surface area contributed by atoms with Crippen LogP contribution in [0.1, 0.15) is 58.3 Å². The minimum absolute atomic E-state index is 0.0275. The lowest BCUT2D eigenvalue weighted by molar-refractivity contribution is -0.214. The molecule has 1 aromatic rings. The molecule has 146 valence electrons. The highest BCUT2D eigenvalue weighted by molar-refractivity contribution is 5.90. The van der Waals surface area contributed by atoms with Gasteiger partial charge in [-0.15, -0.1) is 0 Å². The van der Waals surface area contributed by atoms with Crippen molar-refractivity contribution in [1.82, 2.24) is 0 Å². The predicted molar refractivity (Wildman–Crippen MR) is 92.7 cm³/mol. The molecule has 1 atom stereocenters. The number of alkyl halides is 2. The van der Waals surface area contributed by atoms with Gasteiger partial charge in [-0.05, 0) is 57.4 Å². The summed E-state index contributed by atoms with van der Waals surface area (Å²) >= 11 is 0. The van der Waals surface area contributed by atoms with E-state index >= 15 is 0 Å². The van der Waals surface area contributed by atoms with Crippen molar-refractivity contribution in [3.8, 4) is 5.75 Å². The third-order valence-corrected chi connectivity index (χ3v) is 4.63. The first-order valence-corrected chi connectivity index (χ1v) is 8.40. The Kier molecular flexibility index (Phi) is 6.39. The molecule has 0 aliphatic rings. The van der Waals surface area contributed by atoms with Crippen molar-refractivity contribution < 1.29 is 33.0 Å². The Morgan fingerprint density at radius 1 is 1.12 bits per heavy atom. The highest BCUT2D eigenvalue weighted by Gasteiger charge is 2.61. The number of hydrogen-bond donors (Lipinski definition) is 1. The summed E-state index contributed by atoms with van der Waals surface area (Å²) < 4.78 is 39.0. The van der Waals surface area contributed by atoms with Gasteiger partial charge >= 0.3 is 17.9 Å². The number of carboxylic acid groups (broad SMARTS) is 1. The molecule has 0 heterocycles. The number of esters is 1. The van der Waals surface area contributed by atoms with Crippen molar-refractivity contribution in [2.75, 3.05) is 0 Å². The Hall–Kier alpha value is -2.18. The summed E-state index contributed by atoms with van der Waals surface area (Å²) in [4.78, 5) is 23.2. The van der Waals surface area contributed by atoms with E-state index in [0.717, 1.165) is 13.3 Å². The number of halogens is 2. The van der Waals surface area contributed by atoms with Crippen LogP contribution in [0, 0.1) is 5.92 Å². The minimum atomic E-state index is -4.23. The van der Waals surface area contributed by atoms with E-state index in [9.17, 15) is 18.4 Å². The van der Waals surface area contributed by atoms with E-state index in [1.807, 2.05) is 20.8 Å². The first kappa shape index (κ1) is 21.9. The van der Waals surface area contributed by atoms with E-state index in [4.69, 9.17) is 14.6 Å². The number of carboxylic acids is 1. The van der Waals surface area contributed by atoms with Gasteiger partial charge in [-0.25, -0.2) is 9.59 Å². The largest absolute Gasteiger partial charge is 0.488 e. The second kappa shape index (κ2) is 7.60. The Morgan fingerprint density at radius 3 is 2.00 bits per heavy atom. The van der Waals surface area contributed by atoms with Gasteiger partial charge in [0.05, 0.1) is 5.56 Å². The minimum Gasteiger partial charge on any atom is -0.488 e. The predicted octanol–water partition coefficient (Wildman–Crippen LogP) is 4.55. The van der Waals surface area contributed by atoms with Crippen LogP contribution in [-0.4, -0.2) is 34.2 Å². The topological polar surface area (TPSA) is 72.8 Å². The summed E-state index contributed by atoms with van der Waals surface area (Å²) in [7, 11) is 0. The molecular weight excluding hydrogens is 346 g/mol. The SMILES string of the molecule is CCC(C)(C)Oc1ccc(C(=O)OC(C)(C(C)C)C(F)(F)C(=O)O)cc1. The van der Waals surface area contributed by atoms with E-state index in [-0.39, 0.29) is 11.2 Å². The molecule has 26 heavy (non-hydrogen) atoms. The van der Waals surface area contributed by atoms with Crippen molar-refractivity contribution in [2.45, 2.75) is 65.1 Å². The standard InChI is InChI=1S/C19H26F2O5/c1-7-17(4,5)25-14-10-8-13(9-11-14)15(22)26-18(6,12(2)3)19(20,21)16(23)24/h8-12H,7H2,1-6H3,(H,23,24). The number of aliphatic carboxylic acids is 1. The molecule has 5 nitrogen and oxygen atoms in total. The van der Waals surface area contributed by atoms with Crippen LogP contribution in [0.5, 0.6) is 5.75 Å². The number of rotatable bonds is 8. The smallest absolute Gasteiger partial charge is 0.381 e. The summed E-state index contributed by atoms with van der Waals surface area (Å²) in [5.41, 5.74) is -2.85. The maximum atomic E-state index is 14.1. The molecule has 0 spiro atoms. The molecule has 0 amide bonds. The van der Waals surface area contributed by atoms with Gasteiger partial charge in [-0.2, -0.15) is 8.78 Å². The highest BCUT2D eigenvalue weighted by Crippen LogP contribution is 2.39. The van der Waals surface area contributed by atoms with E-state index < -0.39 is 29.4 Å². The fourth-order valence-corrected chi connectivity index (χ4v) is 2.06. The van der Waals surface area contributed by atoms with Crippen LogP contribution >= 0.6 is 0 Å². The fourth-order valence-electron chi connectivity index (χ4n) is 2.06. The molecule has 0 fully saturated rings. The number of carbonyl (C=O) groups excluding carboxylic acids is 1. The summed E-state index contributed by atoms with van der Waals surface area (Å²) in [6.45, 7) is 9.46. The van der Waals surface area contributed by atoms with Crippen molar-refractivity contribution in [3.05, 3.63) is 29.8 Å². The van der Waals surface area contributed by atoms with Crippen LogP contribution in [0.25, 0.3) is 0 Å². The second-order valence-corrected chi connectivity index (χ2v) is 7.27. The van der Waals surface area contributed by atoms with Gasteiger partial charge in [-0.3, -0.25) is 0 Å². The van der Waals surface area contributed by atoms with Crippen LogP contribution in [0.2, 0.25) is 0 Å². The molecule has 0 aromatic heterocycles. The molecule has 0 aliphatic carbocycles. The highest BCUT2D eigenvalue weighted by atomic mass is 19.3. The molecule has 0 radical (unpaired) electrons. The van der Waals surface area contributed by atoms with Crippen LogP contribution in [-0.2, 0) is 9.53 Å². The second-order valence-electron chi connectivity index (χ2n) is 7.27. The van der Waals surface area contributed by atoms with E-state index in [1.165, 1.54) is 38.1 Å². The molecule has 0 saturated heterocycles. The summed E-state index contributed by atoms with van der Waals surface area (Å²) in [5, 5.41) is 8.82. The molecule has 1 rings (SSSR count). The summed E-state index contributed by atoms with van der Waals surface area (Å²) in [6.07, 6.45) is 0.772. The van der Waals surface area contributed by atoms with Gasteiger partial charge in [-0.1, -0.05) is 20.8 Å². The van der Waals surface area contributed by atoms with Crippen molar-refractivity contribution >= 4 is 11.9 Å². The lowest BCUT2D eigenvalue weighted by atomic mass is 9.85. The Morgan fingerprint density at radius 2 is 1.62 bits per heavy atom. The van der Waals surface area contributed by atoms with Crippen LogP contribution in [0.15, 0.2) is 24.3 Å². The van der Waals surface area contributed by atoms with Crippen LogP contribution in [0.3, 0.4) is 0 Å². The Balaban J connectivity index is 3.03. The first-order valence-electron chi connectivity index (χ1n) is 8.40. The lowest BCUT2D eigenvalue weighted by Gasteiger charge is -2.37. The van der Waals surface area contributed by atoms with E-state index in [2.05, 4.69) is 0 Å². The molecule has 0 aliphatic heterocycles. The van der Waals surface area contributed by atoms with E-state index in [1.54, 1.807) is 0 Å². The molecule has 1 aromatic carbocycles. The van der Waals surface area contributed by atoms with Gasteiger partial charge in [0.1, 0.15) is 11.4 Å². The number of carbonyl (C=O) groups is 2. The van der Waals surface area contributed by atoms with Gasteiger partial charge < -0.3 is 14.6 Å². The zero-order valence-corrected chi connectivity index (χ0v) is 15.9. The maximum absolute atomic E-state index is 14.1. The Bertz CT molecular complexity index is 652. The third-order valence-electron chi connectivity index (χ3n) is 4.63. The fraction of sp³-hybridized carbons (Fsp3) is 0.579. The van der Waals surface area contributed by atoms with Gasteiger partial charge in [0.15, 0.2) is 5.60 Å². The monoisotopic (exact) mass is 372 g/mol. The van der Waals surface area contributed by atoms with Crippen LogP contribution < -0.4 is 4.74 Å². The first-order chi connectivity index (χ1) is 11.8. The molecular formula is C19H26F2O5.